The van der Waals surface area contributed by atoms with Crippen LogP contribution in [0.2, 0.25) is 0 Å². The van der Waals surface area contributed by atoms with Crippen LogP contribution < -0.4 is 5.43 Å². The van der Waals surface area contributed by atoms with Crippen molar-refractivity contribution in [3.63, 3.8) is 0 Å². The van der Waals surface area contributed by atoms with E-state index in [1.807, 2.05) is 6.92 Å². The Morgan fingerprint density at radius 1 is 1.29 bits per heavy atom. The summed E-state index contributed by atoms with van der Waals surface area (Å²) in [6, 6.07) is 0. The summed E-state index contributed by atoms with van der Waals surface area (Å²) in [5, 5.41) is 4.20. The van der Waals surface area contributed by atoms with Gasteiger partial charge in [-0.3, -0.25) is 0 Å². The highest BCUT2D eigenvalue weighted by molar-refractivity contribution is 5.84. The van der Waals surface area contributed by atoms with Gasteiger partial charge in [0.2, 0.25) is 5.95 Å². The summed E-state index contributed by atoms with van der Waals surface area (Å²) < 4.78 is 2.27. The van der Waals surface area contributed by atoms with E-state index in [1.54, 1.807) is 0 Å². The van der Waals surface area contributed by atoms with Crippen molar-refractivity contribution in [2.45, 2.75) is 39.2 Å². The first kappa shape index (κ1) is 8.03. The Balaban J connectivity index is 2.08. The fourth-order valence-corrected chi connectivity index (χ4v) is 2.27. The Kier molecular flexibility index (Phi) is 1.63. The van der Waals surface area contributed by atoms with Gasteiger partial charge in [0.1, 0.15) is 0 Å². The summed E-state index contributed by atoms with van der Waals surface area (Å²) in [6.45, 7) is 2.95. The number of rotatable bonds is 0. The minimum Gasteiger partial charge on any atom is -0.307 e. The number of hydrogen-bond donors (Lipinski definition) is 1. The van der Waals surface area contributed by atoms with Gasteiger partial charge in [0.15, 0.2) is 0 Å². The molecule has 0 atom stereocenters. The predicted molar refractivity (Wildman–Crippen MR) is 55.6 cm³/mol. The van der Waals surface area contributed by atoms with Crippen molar-refractivity contribution >= 4 is 11.7 Å². The highest BCUT2D eigenvalue weighted by Gasteiger charge is 2.21. The average molecular weight is 190 g/mol. The second-order valence-corrected chi connectivity index (χ2v) is 4.08. The van der Waals surface area contributed by atoms with Crippen LogP contribution in [0.1, 0.15) is 31.2 Å². The van der Waals surface area contributed by atoms with Gasteiger partial charge in [0.25, 0.3) is 0 Å². The number of imidazole rings is 1. The number of nitrogens with zero attached hydrogens (tertiary/aromatic N) is 3. The third kappa shape index (κ3) is 1.06. The summed E-state index contributed by atoms with van der Waals surface area (Å²) >= 11 is 0. The molecule has 3 rings (SSSR count). The van der Waals surface area contributed by atoms with E-state index in [4.69, 9.17) is 0 Å². The second kappa shape index (κ2) is 2.83. The Morgan fingerprint density at radius 3 is 3.07 bits per heavy atom. The third-order valence-electron chi connectivity index (χ3n) is 2.97. The van der Waals surface area contributed by atoms with Crippen LogP contribution in [0.3, 0.4) is 0 Å². The quantitative estimate of drug-likeness (QED) is 0.674. The Bertz CT molecular complexity index is 402. The first-order valence-corrected chi connectivity index (χ1v) is 5.22. The smallest absolute Gasteiger partial charge is 0.224 e. The standard InChI is InChI=1S/C10H14N4/c1-7-6-14-9-5-3-2-4-8(9)11-10(14)13-12-7/h2-6H2,1H3,(H,11,13). The normalized spacial score (nSPS) is 19.4. The van der Waals surface area contributed by atoms with Gasteiger partial charge in [-0.1, -0.05) is 0 Å². The zero-order valence-corrected chi connectivity index (χ0v) is 8.38. The number of aryl methyl sites for hydroxylation is 1. The van der Waals surface area contributed by atoms with E-state index in [-0.39, 0.29) is 0 Å². The summed E-state index contributed by atoms with van der Waals surface area (Å²) in [5.74, 6) is 0.933. The molecule has 1 aromatic rings. The summed E-state index contributed by atoms with van der Waals surface area (Å²) in [5.41, 5.74) is 6.84. The van der Waals surface area contributed by atoms with Crippen LogP contribution in [0.25, 0.3) is 0 Å². The molecule has 0 amide bonds. The van der Waals surface area contributed by atoms with Gasteiger partial charge >= 0.3 is 0 Å². The van der Waals surface area contributed by atoms with Crippen molar-refractivity contribution in [2.75, 3.05) is 5.43 Å². The van der Waals surface area contributed by atoms with Crippen molar-refractivity contribution in [1.82, 2.24) is 9.55 Å². The van der Waals surface area contributed by atoms with E-state index in [1.165, 1.54) is 30.7 Å². The van der Waals surface area contributed by atoms with Gasteiger partial charge in [-0.05, 0) is 32.6 Å². The second-order valence-electron chi connectivity index (χ2n) is 4.08. The molecule has 2 heterocycles. The number of nitrogens with one attached hydrogen (secondary N) is 1. The van der Waals surface area contributed by atoms with Crippen LogP contribution in [-0.2, 0) is 19.4 Å². The number of fused-ring (bicyclic) bond motifs is 3. The molecule has 1 aliphatic heterocycles. The zero-order valence-electron chi connectivity index (χ0n) is 8.38. The van der Waals surface area contributed by atoms with E-state index in [0.29, 0.717) is 0 Å². The third-order valence-corrected chi connectivity index (χ3v) is 2.97. The van der Waals surface area contributed by atoms with Crippen molar-refractivity contribution in [3.8, 4) is 0 Å². The Hall–Kier alpha value is -1.32. The van der Waals surface area contributed by atoms with Crippen LogP contribution in [-0.4, -0.2) is 15.3 Å². The SMILES string of the molecule is CC1=NNc2nc3c(n2C1)CCCC3. The maximum absolute atomic E-state index is 4.57. The Labute approximate surface area is 83.0 Å². The molecular weight excluding hydrogens is 176 g/mol. The van der Waals surface area contributed by atoms with Crippen molar-refractivity contribution in [2.24, 2.45) is 5.10 Å². The number of hydrogen-bond acceptors (Lipinski definition) is 3. The van der Waals surface area contributed by atoms with E-state index >= 15 is 0 Å². The van der Waals surface area contributed by atoms with E-state index in [9.17, 15) is 0 Å². The molecule has 0 unspecified atom stereocenters. The van der Waals surface area contributed by atoms with E-state index in [2.05, 4.69) is 20.1 Å². The van der Waals surface area contributed by atoms with Crippen molar-refractivity contribution < 1.29 is 0 Å². The Morgan fingerprint density at radius 2 is 2.14 bits per heavy atom. The molecule has 0 radical (unpaired) electrons. The fourth-order valence-electron chi connectivity index (χ4n) is 2.27. The van der Waals surface area contributed by atoms with Gasteiger partial charge in [0, 0.05) is 5.69 Å². The molecule has 0 saturated carbocycles. The molecule has 0 aromatic carbocycles. The molecule has 74 valence electrons. The van der Waals surface area contributed by atoms with E-state index < -0.39 is 0 Å². The first-order valence-electron chi connectivity index (χ1n) is 5.22. The maximum Gasteiger partial charge on any atom is 0.224 e. The zero-order chi connectivity index (χ0) is 9.54. The lowest BCUT2D eigenvalue weighted by molar-refractivity contribution is 0.635. The molecule has 4 nitrogen and oxygen atoms in total. The highest BCUT2D eigenvalue weighted by Crippen LogP contribution is 2.25. The summed E-state index contributed by atoms with van der Waals surface area (Å²) in [7, 11) is 0. The number of anilines is 1. The molecule has 1 aliphatic carbocycles. The minimum absolute atomic E-state index is 0.907. The van der Waals surface area contributed by atoms with Gasteiger partial charge in [0.05, 0.1) is 18.0 Å². The molecule has 1 aromatic heterocycles. The molecule has 4 heteroatoms. The predicted octanol–water partition coefficient (Wildman–Crippen LogP) is 1.56. The lowest BCUT2D eigenvalue weighted by Gasteiger charge is -2.17. The van der Waals surface area contributed by atoms with Crippen LogP contribution in [0.5, 0.6) is 0 Å². The summed E-state index contributed by atoms with van der Waals surface area (Å²) in [4.78, 5) is 4.57. The van der Waals surface area contributed by atoms with Gasteiger partial charge in [-0.2, -0.15) is 5.10 Å². The minimum atomic E-state index is 0.907. The highest BCUT2D eigenvalue weighted by atomic mass is 15.4. The van der Waals surface area contributed by atoms with Crippen molar-refractivity contribution in [3.05, 3.63) is 11.4 Å². The molecule has 2 aliphatic rings. The van der Waals surface area contributed by atoms with Crippen LogP contribution >= 0.6 is 0 Å². The fraction of sp³-hybridized carbons (Fsp3) is 0.600. The van der Waals surface area contributed by atoms with Gasteiger partial charge in [-0.15, -0.1) is 0 Å². The van der Waals surface area contributed by atoms with E-state index in [0.717, 1.165) is 24.6 Å². The monoisotopic (exact) mass is 190 g/mol. The van der Waals surface area contributed by atoms with Gasteiger partial charge in [-0.25, -0.2) is 10.4 Å². The molecule has 0 fully saturated rings. The maximum atomic E-state index is 4.57. The molecular formula is C10H14N4. The largest absolute Gasteiger partial charge is 0.307 e. The molecule has 0 spiro atoms. The van der Waals surface area contributed by atoms with Crippen molar-refractivity contribution in [1.29, 1.82) is 0 Å². The topological polar surface area (TPSA) is 42.2 Å². The summed E-state index contributed by atoms with van der Waals surface area (Å²) in [6.07, 6.45) is 4.89. The molecule has 0 saturated heterocycles. The molecule has 0 bridgehead atoms. The lowest BCUT2D eigenvalue weighted by atomic mass is 10.0. The number of hydrazone groups is 1. The molecule has 14 heavy (non-hydrogen) atoms. The van der Waals surface area contributed by atoms with Crippen LogP contribution in [0.15, 0.2) is 5.10 Å². The van der Waals surface area contributed by atoms with Crippen LogP contribution in [0, 0.1) is 0 Å². The molecule has 1 N–H and O–H groups in total. The number of aromatic nitrogens is 2. The average Bonchev–Trinajstić information content (AvgIpc) is 2.56. The van der Waals surface area contributed by atoms with Gasteiger partial charge < -0.3 is 4.57 Å². The lowest BCUT2D eigenvalue weighted by Crippen LogP contribution is -2.19. The first-order chi connectivity index (χ1) is 6.84. The van der Waals surface area contributed by atoms with Crippen LogP contribution in [0.4, 0.5) is 5.95 Å².